The van der Waals surface area contributed by atoms with E-state index < -0.39 is 10.0 Å². The molecule has 0 aliphatic carbocycles. The number of aryl methyl sites for hydroxylation is 2. The first-order valence-corrected chi connectivity index (χ1v) is 9.13. The van der Waals surface area contributed by atoms with Crippen molar-refractivity contribution in [1.82, 2.24) is 19.2 Å². The summed E-state index contributed by atoms with van der Waals surface area (Å²) in [6.45, 7) is 5.71. The number of nitrogens with zero attached hydrogens (tertiary/aromatic N) is 3. The highest BCUT2D eigenvalue weighted by Gasteiger charge is 2.34. The summed E-state index contributed by atoms with van der Waals surface area (Å²) in [7, 11) is -1.95. The molecule has 0 aromatic carbocycles. The summed E-state index contributed by atoms with van der Waals surface area (Å²) in [5.74, 6) is 0.557. The summed E-state index contributed by atoms with van der Waals surface area (Å²) in [6.07, 6.45) is 2.46. The molecule has 0 saturated carbocycles. The monoisotopic (exact) mass is 379 g/mol. The fourth-order valence-corrected chi connectivity index (χ4v) is 3.65. The molecule has 10 heteroatoms. The number of carbonyl (C=O) groups is 1. The van der Waals surface area contributed by atoms with Gasteiger partial charge in [0.15, 0.2) is 5.03 Å². The van der Waals surface area contributed by atoms with Gasteiger partial charge in [0.2, 0.25) is 5.91 Å². The van der Waals surface area contributed by atoms with Gasteiger partial charge in [0.05, 0.1) is 0 Å². The van der Waals surface area contributed by atoms with Crippen LogP contribution in [0.25, 0.3) is 0 Å². The highest BCUT2D eigenvalue weighted by atomic mass is 35.5. The second-order valence-corrected chi connectivity index (χ2v) is 8.18. The van der Waals surface area contributed by atoms with Gasteiger partial charge in [-0.2, -0.15) is 0 Å². The number of sulfonamides is 1. The van der Waals surface area contributed by atoms with Crippen LogP contribution < -0.4 is 10.5 Å². The molecule has 0 radical (unpaired) electrons. The Bertz CT molecular complexity index is 671. The molecular weight excluding hydrogens is 354 g/mol. The lowest BCUT2D eigenvalue weighted by Crippen LogP contribution is -2.36. The zero-order chi connectivity index (χ0) is 17.3. The number of imidazole rings is 1. The van der Waals surface area contributed by atoms with Crippen LogP contribution in [0.2, 0.25) is 0 Å². The van der Waals surface area contributed by atoms with E-state index in [0.29, 0.717) is 25.5 Å². The summed E-state index contributed by atoms with van der Waals surface area (Å²) in [4.78, 5) is 17.9. The summed E-state index contributed by atoms with van der Waals surface area (Å²) < 4.78 is 28.3. The molecule has 1 aliphatic rings. The van der Waals surface area contributed by atoms with E-state index in [1.54, 1.807) is 23.4 Å². The van der Waals surface area contributed by atoms with Crippen molar-refractivity contribution in [3.8, 4) is 0 Å². The molecule has 1 saturated heterocycles. The van der Waals surface area contributed by atoms with E-state index in [2.05, 4.69) is 16.6 Å². The van der Waals surface area contributed by atoms with Crippen LogP contribution in [0.5, 0.6) is 0 Å². The van der Waals surface area contributed by atoms with Crippen LogP contribution in [0.4, 0.5) is 0 Å². The minimum Gasteiger partial charge on any atom is -0.342 e. The Morgan fingerprint density at radius 3 is 2.67 bits per heavy atom. The zero-order valence-corrected chi connectivity index (χ0v) is 15.9. The third kappa shape index (κ3) is 4.69. The van der Waals surface area contributed by atoms with Crippen LogP contribution in [0, 0.1) is 12.3 Å². The van der Waals surface area contributed by atoms with Gasteiger partial charge in [-0.1, -0.05) is 6.92 Å². The molecule has 1 aromatic heterocycles. The molecule has 2 heterocycles. The smallest absolute Gasteiger partial charge is 0.259 e. The Hall–Kier alpha value is -1.16. The predicted octanol–water partition coefficient (Wildman–Crippen LogP) is 0.0160. The number of aromatic nitrogens is 2. The van der Waals surface area contributed by atoms with Gasteiger partial charge in [-0.3, -0.25) is 4.79 Å². The van der Waals surface area contributed by atoms with Gasteiger partial charge in [0.25, 0.3) is 10.0 Å². The third-order valence-electron chi connectivity index (χ3n) is 4.40. The number of rotatable bonds is 6. The average molecular weight is 380 g/mol. The molecule has 24 heavy (non-hydrogen) atoms. The van der Waals surface area contributed by atoms with Gasteiger partial charge in [-0.05, 0) is 25.3 Å². The van der Waals surface area contributed by atoms with E-state index in [4.69, 9.17) is 5.73 Å². The number of amides is 1. The average Bonchev–Trinajstić information content (AvgIpc) is 3.04. The Balaban J connectivity index is 0.00000288. The summed E-state index contributed by atoms with van der Waals surface area (Å²) in [5.41, 5.74) is 5.70. The Labute approximate surface area is 149 Å². The van der Waals surface area contributed by atoms with Gasteiger partial charge in [0, 0.05) is 39.3 Å². The molecule has 1 amide bonds. The number of nitrogens with two attached hydrogens (primary N) is 1. The van der Waals surface area contributed by atoms with Crippen molar-refractivity contribution in [2.75, 3.05) is 26.2 Å². The quantitative estimate of drug-likeness (QED) is 0.723. The van der Waals surface area contributed by atoms with E-state index in [0.717, 1.165) is 6.42 Å². The lowest BCUT2D eigenvalue weighted by molar-refractivity contribution is -0.130. The van der Waals surface area contributed by atoms with Crippen LogP contribution in [0.15, 0.2) is 11.2 Å². The number of carbonyl (C=O) groups excluding carboxylic acids is 1. The summed E-state index contributed by atoms with van der Waals surface area (Å²) >= 11 is 0. The SMILES string of the molecule is Cc1nc(S(=O)(=O)NCCC(=O)N2CCC(C)(CN)C2)cn1C.Cl. The normalized spacial score (nSPS) is 20.9. The number of halogens is 1. The zero-order valence-electron chi connectivity index (χ0n) is 14.3. The second kappa shape index (κ2) is 7.81. The van der Waals surface area contributed by atoms with Gasteiger partial charge in [-0.15, -0.1) is 12.4 Å². The van der Waals surface area contributed by atoms with Crippen molar-refractivity contribution in [2.45, 2.75) is 31.7 Å². The van der Waals surface area contributed by atoms with Gasteiger partial charge in [-0.25, -0.2) is 18.1 Å². The first-order chi connectivity index (χ1) is 10.7. The van der Waals surface area contributed by atoms with Crippen molar-refractivity contribution in [1.29, 1.82) is 0 Å². The Morgan fingerprint density at radius 2 is 2.17 bits per heavy atom. The Morgan fingerprint density at radius 1 is 1.50 bits per heavy atom. The van der Waals surface area contributed by atoms with E-state index >= 15 is 0 Å². The molecule has 0 spiro atoms. The van der Waals surface area contributed by atoms with Gasteiger partial charge < -0.3 is 15.2 Å². The first kappa shape index (κ1) is 20.9. The standard InChI is InChI=1S/C14H25N5O3S.ClH/c1-11-17-12(8-18(11)3)23(21,22)16-6-4-13(20)19-7-5-14(2,9-15)10-19;/h8,16H,4-7,9-10,15H2,1-3H3;1H. The Kier molecular flexibility index (Phi) is 6.80. The maximum Gasteiger partial charge on any atom is 0.259 e. The highest BCUT2D eigenvalue weighted by Crippen LogP contribution is 2.28. The molecular formula is C14H26ClN5O3S. The number of nitrogens with one attached hydrogen (secondary N) is 1. The molecule has 1 aromatic rings. The molecule has 1 fully saturated rings. The minimum absolute atomic E-state index is 0. The first-order valence-electron chi connectivity index (χ1n) is 7.64. The van der Waals surface area contributed by atoms with E-state index in [-0.39, 0.29) is 41.7 Å². The van der Waals surface area contributed by atoms with Crippen LogP contribution in [-0.4, -0.2) is 55.0 Å². The number of likely N-dealkylation sites (tertiary alicyclic amines) is 1. The fourth-order valence-electron chi connectivity index (χ4n) is 2.58. The van der Waals surface area contributed by atoms with E-state index in [1.165, 1.54) is 6.20 Å². The topological polar surface area (TPSA) is 110 Å². The second-order valence-electron chi connectivity index (χ2n) is 6.47. The highest BCUT2D eigenvalue weighted by molar-refractivity contribution is 7.89. The molecule has 1 unspecified atom stereocenters. The molecule has 1 atom stereocenters. The fraction of sp³-hybridized carbons (Fsp3) is 0.714. The van der Waals surface area contributed by atoms with Gasteiger partial charge in [0.1, 0.15) is 5.82 Å². The number of hydrogen-bond donors (Lipinski definition) is 2. The summed E-state index contributed by atoms with van der Waals surface area (Å²) in [5, 5.41) is -0.0261. The largest absolute Gasteiger partial charge is 0.342 e. The number of hydrogen-bond acceptors (Lipinski definition) is 5. The van der Waals surface area contributed by atoms with E-state index in [1.807, 2.05) is 0 Å². The van der Waals surface area contributed by atoms with Crippen LogP contribution in [0.1, 0.15) is 25.6 Å². The maximum atomic E-state index is 12.2. The lowest BCUT2D eigenvalue weighted by atomic mass is 9.90. The van der Waals surface area contributed by atoms with Crippen LogP contribution in [0.3, 0.4) is 0 Å². The maximum absolute atomic E-state index is 12.2. The molecule has 2 rings (SSSR count). The van der Waals surface area contributed by atoms with Crippen molar-refractivity contribution >= 4 is 28.3 Å². The third-order valence-corrected chi connectivity index (χ3v) is 5.73. The minimum atomic E-state index is -3.68. The molecule has 3 N–H and O–H groups in total. The van der Waals surface area contributed by atoms with E-state index in [9.17, 15) is 13.2 Å². The van der Waals surface area contributed by atoms with Gasteiger partial charge >= 0.3 is 0 Å². The lowest BCUT2D eigenvalue weighted by Gasteiger charge is -2.22. The molecule has 8 nitrogen and oxygen atoms in total. The van der Waals surface area contributed by atoms with Crippen molar-refractivity contribution in [3.05, 3.63) is 12.0 Å². The van der Waals surface area contributed by atoms with Crippen LogP contribution in [-0.2, 0) is 21.9 Å². The molecule has 0 bridgehead atoms. The van der Waals surface area contributed by atoms with Crippen molar-refractivity contribution in [3.63, 3.8) is 0 Å². The summed E-state index contributed by atoms with van der Waals surface area (Å²) in [6, 6.07) is 0. The molecule has 1 aliphatic heterocycles. The van der Waals surface area contributed by atoms with Crippen molar-refractivity contribution < 1.29 is 13.2 Å². The van der Waals surface area contributed by atoms with Crippen molar-refractivity contribution in [2.24, 2.45) is 18.2 Å². The van der Waals surface area contributed by atoms with Crippen LogP contribution >= 0.6 is 12.4 Å². The predicted molar refractivity (Wildman–Crippen MR) is 93.4 cm³/mol. The molecule has 138 valence electrons.